The molecular weight excluding hydrogens is 156 g/mol. The molecule has 0 aliphatic heterocycles. The molecule has 68 valence electrons. The van der Waals surface area contributed by atoms with Crippen LogP contribution in [0.2, 0.25) is 0 Å². The average Bonchev–Trinajstić information content (AvgIpc) is 1.85. The molecule has 2 nitrogen and oxygen atoms in total. The van der Waals surface area contributed by atoms with Gasteiger partial charge in [-0.25, -0.2) is 0 Å². The third-order valence-electron chi connectivity index (χ3n) is 1.49. The van der Waals surface area contributed by atoms with E-state index >= 15 is 0 Å². The molecule has 0 saturated carbocycles. The molecule has 0 aliphatic carbocycles. The van der Waals surface area contributed by atoms with Crippen LogP contribution in [0.5, 0.6) is 0 Å². The average molecular weight is 178 g/mol. The fourth-order valence-corrected chi connectivity index (χ4v) is 1.96. The molecule has 0 fully saturated rings. The number of rotatable bonds is 6. The molecule has 0 aromatic carbocycles. The van der Waals surface area contributed by atoms with Gasteiger partial charge < -0.3 is 9.80 Å². The van der Waals surface area contributed by atoms with Gasteiger partial charge in [0.25, 0.3) is 0 Å². The van der Waals surface area contributed by atoms with Crippen LogP contribution in [0, 0.1) is 0 Å². The molecule has 0 aliphatic rings. The summed E-state index contributed by atoms with van der Waals surface area (Å²) in [6.07, 6.45) is 0. The predicted octanol–water partition coefficient (Wildman–Crippen LogP) is -1.99. The molecular formula is C8H22N2S+2. The van der Waals surface area contributed by atoms with Crippen molar-refractivity contribution in [3.63, 3.8) is 0 Å². The lowest BCUT2D eigenvalue weighted by molar-refractivity contribution is -0.856. The Morgan fingerprint density at radius 2 is 1.18 bits per heavy atom. The van der Waals surface area contributed by atoms with Gasteiger partial charge in [-0.2, -0.15) is 11.8 Å². The van der Waals surface area contributed by atoms with Gasteiger partial charge in [-0.3, -0.25) is 0 Å². The molecule has 0 heterocycles. The van der Waals surface area contributed by atoms with Gasteiger partial charge >= 0.3 is 0 Å². The number of quaternary nitrogens is 2. The second-order valence-corrected chi connectivity index (χ2v) is 4.75. The van der Waals surface area contributed by atoms with Gasteiger partial charge in [0.05, 0.1) is 41.3 Å². The summed E-state index contributed by atoms with van der Waals surface area (Å²) in [5, 5.41) is 0. The first-order chi connectivity index (χ1) is 5.13. The SMILES string of the molecule is C[NH+](C)CCSCC[NH+](C)C. The minimum Gasteiger partial charge on any atom is -0.339 e. The highest BCUT2D eigenvalue weighted by molar-refractivity contribution is 7.99. The Bertz CT molecular complexity index is 74.2. The summed E-state index contributed by atoms with van der Waals surface area (Å²) in [5.41, 5.74) is 0. The zero-order valence-corrected chi connectivity index (χ0v) is 9.05. The summed E-state index contributed by atoms with van der Waals surface area (Å²) < 4.78 is 0. The lowest BCUT2D eigenvalue weighted by Gasteiger charge is -2.08. The van der Waals surface area contributed by atoms with Gasteiger partial charge in [0.2, 0.25) is 0 Å². The largest absolute Gasteiger partial charge is 0.339 e. The van der Waals surface area contributed by atoms with Crippen LogP contribution in [0.4, 0.5) is 0 Å². The molecule has 11 heavy (non-hydrogen) atoms. The Balaban J connectivity index is 2.91. The molecule has 0 aromatic rings. The predicted molar refractivity (Wildman–Crippen MR) is 52.7 cm³/mol. The lowest BCUT2D eigenvalue weighted by Crippen LogP contribution is -3.06. The first-order valence-corrected chi connectivity index (χ1v) is 5.44. The van der Waals surface area contributed by atoms with Gasteiger partial charge in [-0.1, -0.05) is 0 Å². The van der Waals surface area contributed by atoms with E-state index in [1.54, 1.807) is 9.80 Å². The Kier molecular flexibility index (Phi) is 7.12. The number of thioether (sulfide) groups is 1. The fraction of sp³-hybridized carbons (Fsp3) is 1.00. The summed E-state index contributed by atoms with van der Waals surface area (Å²) in [7, 11) is 8.82. The smallest absolute Gasteiger partial charge is 0.0858 e. The van der Waals surface area contributed by atoms with Crippen molar-refractivity contribution in [2.45, 2.75) is 0 Å². The summed E-state index contributed by atoms with van der Waals surface area (Å²) in [4.78, 5) is 3.10. The Hall–Kier alpha value is 0.270. The molecule has 0 radical (unpaired) electrons. The molecule has 3 heteroatoms. The number of hydrogen-bond acceptors (Lipinski definition) is 1. The first kappa shape index (κ1) is 11.3. The zero-order chi connectivity index (χ0) is 8.69. The van der Waals surface area contributed by atoms with E-state index < -0.39 is 0 Å². The molecule has 0 rings (SSSR count). The quantitative estimate of drug-likeness (QED) is 0.448. The van der Waals surface area contributed by atoms with Crippen LogP contribution in [-0.2, 0) is 0 Å². The molecule has 0 saturated heterocycles. The van der Waals surface area contributed by atoms with E-state index in [0.717, 1.165) is 0 Å². The number of hydrogen-bond donors (Lipinski definition) is 2. The summed E-state index contributed by atoms with van der Waals surface area (Å²) in [5.74, 6) is 2.60. The van der Waals surface area contributed by atoms with Crippen LogP contribution in [0.1, 0.15) is 0 Å². The standard InChI is InChI=1S/C8H20N2S/c1-9(2)5-7-11-8-6-10(3)4/h5-8H2,1-4H3/p+2. The topological polar surface area (TPSA) is 8.88 Å². The lowest BCUT2D eigenvalue weighted by atomic mass is 10.7. The highest BCUT2D eigenvalue weighted by Crippen LogP contribution is 1.93. The maximum atomic E-state index is 2.21. The molecule has 0 spiro atoms. The summed E-state index contributed by atoms with van der Waals surface area (Å²) >= 11 is 2.07. The second-order valence-electron chi connectivity index (χ2n) is 3.53. The van der Waals surface area contributed by atoms with E-state index in [1.807, 2.05) is 0 Å². The van der Waals surface area contributed by atoms with E-state index in [9.17, 15) is 0 Å². The summed E-state index contributed by atoms with van der Waals surface area (Å²) in [6.45, 7) is 2.57. The van der Waals surface area contributed by atoms with Crippen LogP contribution in [0.15, 0.2) is 0 Å². The molecule has 0 aromatic heterocycles. The van der Waals surface area contributed by atoms with Gasteiger partial charge in [0.1, 0.15) is 0 Å². The van der Waals surface area contributed by atoms with Crippen LogP contribution in [0.3, 0.4) is 0 Å². The minimum absolute atomic E-state index is 1.29. The Labute approximate surface area is 74.9 Å². The molecule has 0 unspecified atom stereocenters. The van der Waals surface area contributed by atoms with Crippen LogP contribution in [0.25, 0.3) is 0 Å². The van der Waals surface area contributed by atoms with Crippen LogP contribution in [-0.4, -0.2) is 52.8 Å². The maximum Gasteiger partial charge on any atom is 0.0858 e. The van der Waals surface area contributed by atoms with Gasteiger partial charge in [-0.15, -0.1) is 0 Å². The Morgan fingerprint density at radius 3 is 1.45 bits per heavy atom. The summed E-state index contributed by atoms with van der Waals surface area (Å²) in [6, 6.07) is 0. The van der Waals surface area contributed by atoms with Crippen molar-refractivity contribution in [2.24, 2.45) is 0 Å². The normalized spacial score (nSPS) is 11.5. The van der Waals surface area contributed by atoms with E-state index in [2.05, 4.69) is 40.0 Å². The van der Waals surface area contributed by atoms with Crippen molar-refractivity contribution >= 4 is 11.8 Å². The van der Waals surface area contributed by atoms with Crippen molar-refractivity contribution in [1.29, 1.82) is 0 Å². The van der Waals surface area contributed by atoms with Gasteiger partial charge in [-0.05, 0) is 0 Å². The zero-order valence-electron chi connectivity index (χ0n) is 8.24. The van der Waals surface area contributed by atoms with Crippen molar-refractivity contribution in [2.75, 3.05) is 52.8 Å². The number of nitrogens with one attached hydrogen (secondary N) is 2. The monoisotopic (exact) mass is 178 g/mol. The van der Waals surface area contributed by atoms with E-state index in [-0.39, 0.29) is 0 Å². The molecule has 0 bridgehead atoms. The maximum absolute atomic E-state index is 2.21. The van der Waals surface area contributed by atoms with Crippen LogP contribution < -0.4 is 9.80 Å². The van der Waals surface area contributed by atoms with Gasteiger partial charge in [0.15, 0.2) is 0 Å². The third kappa shape index (κ3) is 10.3. The van der Waals surface area contributed by atoms with Crippen LogP contribution >= 0.6 is 11.8 Å². The Morgan fingerprint density at radius 1 is 0.818 bits per heavy atom. The minimum atomic E-state index is 1.29. The second kappa shape index (κ2) is 6.95. The molecule has 0 atom stereocenters. The fourth-order valence-electron chi connectivity index (χ4n) is 0.655. The highest BCUT2D eigenvalue weighted by atomic mass is 32.2. The van der Waals surface area contributed by atoms with Crippen molar-refractivity contribution in [3.05, 3.63) is 0 Å². The van der Waals surface area contributed by atoms with Gasteiger partial charge in [0, 0.05) is 11.5 Å². The first-order valence-electron chi connectivity index (χ1n) is 4.28. The third-order valence-corrected chi connectivity index (χ3v) is 2.48. The van der Waals surface area contributed by atoms with Crippen molar-refractivity contribution in [3.8, 4) is 0 Å². The van der Waals surface area contributed by atoms with E-state index in [4.69, 9.17) is 0 Å². The molecule has 2 N–H and O–H groups in total. The van der Waals surface area contributed by atoms with Crippen molar-refractivity contribution < 1.29 is 9.80 Å². The van der Waals surface area contributed by atoms with Crippen molar-refractivity contribution in [1.82, 2.24) is 0 Å². The molecule has 0 amide bonds. The highest BCUT2D eigenvalue weighted by Gasteiger charge is 1.96. The van der Waals surface area contributed by atoms with E-state index in [0.29, 0.717) is 0 Å². The van der Waals surface area contributed by atoms with E-state index in [1.165, 1.54) is 24.6 Å².